The number of benzene rings is 1. The van der Waals surface area contributed by atoms with Crippen molar-refractivity contribution in [2.75, 3.05) is 32.8 Å². The van der Waals surface area contributed by atoms with E-state index in [4.69, 9.17) is 9.15 Å². The van der Waals surface area contributed by atoms with Crippen molar-refractivity contribution < 1.29 is 27.2 Å². The second kappa shape index (κ2) is 9.59. The molecule has 1 amide bonds. The Balaban J connectivity index is 1.61. The molecule has 8 nitrogen and oxygen atoms in total. The van der Waals surface area contributed by atoms with Crippen molar-refractivity contribution in [1.82, 2.24) is 9.21 Å². The lowest BCUT2D eigenvalue weighted by molar-refractivity contribution is -0.127. The van der Waals surface area contributed by atoms with E-state index in [9.17, 15) is 18.0 Å². The summed E-state index contributed by atoms with van der Waals surface area (Å²) in [6.45, 7) is 2.58. The van der Waals surface area contributed by atoms with Crippen molar-refractivity contribution in [3.63, 3.8) is 0 Å². The first-order valence-corrected chi connectivity index (χ1v) is 11.5. The normalized spacial score (nSPS) is 15.5. The molecule has 10 heteroatoms. The van der Waals surface area contributed by atoms with Gasteiger partial charge in [-0.3, -0.25) is 4.79 Å². The van der Waals surface area contributed by atoms with Gasteiger partial charge in [0.1, 0.15) is 0 Å². The van der Waals surface area contributed by atoms with Crippen LogP contribution in [0, 0.1) is 0 Å². The SMILES string of the molecule is CCOC(=O)c1ccc(S(=O)(=O)N2CCN(C(=O)/C=C/c3ccccc3Br)CC2)o1. The number of ether oxygens (including phenoxy) is 1. The highest BCUT2D eigenvalue weighted by molar-refractivity contribution is 9.10. The van der Waals surface area contributed by atoms with Crippen LogP contribution in [0.15, 0.2) is 56.5 Å². The largest absolute Gasteiger partial charge is 0.460 e. The van der Waals surface area contributed by atoms with Gasteiger partial charge in [0.15, 0.2) is 0 Å². The summed E-state index contributed by atoms with van der Waals surface area (Å²) in [6, 6.07) is 10.0. The lowest BCUT2D eigenvalue weighted by atomic mass is 10.2. The quantitative estimate of drug-likeness (QED) is 0.450. The van der Waals surface area contributed by atoms with Crippen molar-refractivity contribution in [2.24, 2.45) is 0 Å². The molecule has 30 heavy (non-hydrogen) atoms. The number of hydrogen-bond acceptors (Lipinski definition) is 6. The standard InChI is InChI=1S/C20H21BrN2O6S/c1-2-28-20(25)17-8-10-19(29-17)30(26,27)23-13-11-22(12-14-23)18(24)9-7-15-5-3-4-6-16(15)21/h3-10H,2,11-14H2,1H3/b9-7+. The lowest BCUT2D eigenvalue weighted by Crippen LogP contribution is -2.50. The fourth-order valence-corrected chi connectivity index (χ4v) is 4.67. The third-order valence-electron chi connectivity index (χ3n) is 4.51. The van der Waals surface area contributed by atoms with E-state index in [1.807, 2.05) is 24.3 Å². The Hall–Kier alpha value is -2.43. The van der Waals surface area contributed by atoms with Gasteiger partial charge in [-0.05, 0) is 36.8 Å². The number of halogens is 1. The summed E-state index contributed by atoms with van der Waals surface area (Å²) >= 11 is 3.43. The van der Waals surface area contributed by atoms with Gasteiger partial charge in [-0.1, -0.05) is 34.1 Å². The third kappa shape index (κ3) is 5.00. The molecule has 1 fully saturated rings. The van der Waals surface area contributed by atoms with E-state index in [1.54, 1.807) is 17.9 Å². The van der Waals surface area contributed by atoms with Gasteiger partial charge in [0.25, 0.3) is 10.0 Å². The summed E-state index contributed by atoms with van der Waals surface area (Å²) in [7, 11) is -3.90. The first-order valence-electron chi connectivity index (χ1n) is 9.31. The molecule has 0 bridgehead atoms. The van der Waals surface area contributed by atoms with Crippen LogP contribution in [0.5, 0.6) is 0 Å². The predicted molar refractivity (Wildman–Crippen MR) is 113 cm³/mol. The van der Waals surface area contributed by atoms with Gasteiger partial charge in [0, 0.05) is 36.7 Å². The Kier molecular flexibility index (Phi) is 7.11. The van der Waals surface area contributed by atoms with Crippen molar-refractivity contribution in [1.29, 1.82) is 0 Å². The maximum absolute atomic E-state index is 12.8. The zero-order valence-corrected chi connectivity index (χ0v) is 18.7. The molecular formula is C20H21BrN2O6S. The predicted octanol–water partition coefficient (Wildman–Crippen LogP) is 2.77. The molecular weight excluding hydrogens is 476 g/mol. The number of furan rings is 1. The highest BCUT2D eigenvalue weighted by atomic mass is 79.9. The summed E-state index contributed by atoms with van der Waals surface area (Å²) in [5, 5.41) is -0.320. The minimum absolute atomic E-state index is 0.131. The molecule has 0 atom stereocenters. The maximum atomic E-state index is 12.8. The minimum atomic E-state index is -3.90. The van der Waals surface area contributed by atoms with E-state index in [-0.39, 0.29) is 49.5 Å². The van der Waals surface area contributed by atoms with Gasteiger partial charge in [0.05, 0.1) is 6.61 Å². The number of piperazine rings is 1. The Morgan fingerprint density at radius 2 is 1.83 bits per heavy atom. The number of carbonyl (C=O) groups excluding carboxylic acids is 2. The van der Waals surface area contributed by atoms with Crippen LogP contribution in [-0.2, 0) is 19.6 Å². The molecule has 160 valence electrons. The summed E-state index contributed by atoms with van der Waals surface area (Å²) < 4.78 is 37.6. The van der Waals surface area contributed by atoms with E-state index in [1.165, 1.54) is 22.5 Å². The van der Waals surface area contributed by atoms with Gasteiger partial charge >= 0.3 is 5.97 Å². The van der Waals surface area contributed by atoms with E-state index >= 15 is 0 Å². The highest BCUT2D eigenvalue weighted by Gasteiger charge is 2.32. The third-order valence-corrected chi connectivity index (χ3v) is 7.01. The first-order chi connectivity index (χ1) is 14.3. The fraction of sp³-hybridized carbons (Fsp3) is 0.300. The number of nitrogens with zero attached hydrogens (tertiary/aromatic N) is 2. The first kappa shape index (κ1) is 22.3. The van der Waals surface area contributed by atoms with Crippen molar-refractivity contribution >= 4 is 43.9 Å². The Bertz CT molecular complexity index is 1050. The van der Waals surface area contributed by atoms with Crippen molar-refractivity contribution in [2.45, 2.75) is 12.0 Å². The van der Waals surface area contributed by atoms with Gasteiger partial charge in [-0.25, -0.2) is 13.2 Å². The van der Waals surface area contributed by atoms with E-state index in [2.05, 4.69) is 15.9 Å². The van der Waals surface area contributed by atoms with Crippen LogP contribution < -0.4 is 0 Å². The topological polar surface area (TPSA) is 97.1 Å². The molecule has 0 unspecified atom stereocenters. The molecule has 1 aliphatic rings. The van der Waals surface area contributed by atoms with Gasteiger partial charge < -0.3 is 14.1 Å². The van der Waals surface area contributed by atoms with Crippen LogP contribution in [0.1, 0.15) is 23.0 Å². The van der Waals surface area contributed by atoms with Crippen LogP contribution in [-0.4, -0.2) is 62.3 Å². The second-order valence-corrected chi connectivity index (χ2v) is 9.15. The second-order valence-electron chi connectivity index (χ2n) is 6.42. The number of esters is 1. The molecule has 0 N–H and O–H groups in total. The number of carbonyl (C=O) groups is 2. The summed E-state index contributed by atoms with van der Waals surface area (Å²) in [5.41, 5.74) is 0.877. The van der Waals surface area contributed by atoms with Crippen LogP contribution in [0.3, 0.4) is 0 Å². The molecule has 0 saturated carbocycles. The Labute approximate surface area is 183 Å². The van der Waals surface area contributed by atoms with Gasteiger partial charge in [0.2, 0.25) is 16.8 Å². The monoisotopic (exact) mass is 496 g/mol. The Morgan fingerprint density at radius 3 is 2.50 bits per heavy atom. The fourth-order valence-electron chi connectivity index (χ4n) is 2.92. The van der Waals surface area contributed by atoms with Crippen LogP contribution in [0.2, 0.25) is 0 Å². The van der Waals surface area contributed by atoms with Crippen LogP contribution in [0.4, 0.5) is 0 Å². The zero-order chi connectivity index (χ0) is 21.7. The lowest BCUT2D eigenvalue weighted by Gasteiger charge is -2.32. The molecule has 1 aromatic heterocycles. The molecule has 1 aromatic carbocycles. The number of amides is 1. The maximum Gasteiger partial charge on any atom is 0.374 e. The molecule has 2 aromatic rings. The molecule has 3 rings (SSSR count). The average Bonchev–Trinajstić information content (AvgIpc) is 3.25. The average molecular weight is 497 g/mol. The smallest absolute Gasteiger partial charge is 0.374 e. The van der Waals surface area contributed by atoms with Gasteiger partial charge in [-0.15, -0.1) is 0 Å². The van der Waals surface area contributed by atoms with E-state index in [0.717, 1.165) is 10.0 Å². The summed E-state index contributed by atoms with van der Waals surface area (Å²) in [5.74, 6) is -1.07. The number of sulfonamides is 1. The van der Waals surface area contributed by atoms with Crippen LogP contribution in [0.25, 0.3) is 6.08 Å². The van der Waals surface area contributed by atoms with Gasteiger partial charge in [-0.2, -0.15) is 4.31 Å². The van der Waals surface area contributed by atoms with Crippen LogP contribution >= 0.6 is 15.9 Å². The molecule has 0 spiro atoms. The molecule has 2 heterocycles. The molecule has 0 aliphatic carbocycles. The molecule has 1 saturated heterocycles. The van der Waals surface area contributed by atoms with Crippen molar-refractivity contribution in [3.05, 3.63) is 58.3 Å². The summed E-state index contributed by atoms with van der Waals surface area (Å²) in [6.07, 6.45) is 3.19. The zero-order valence-electron chi connectivity index (χ0n) is 16.3. The Morgan fingerprint density at radius 1 is 1.13 bits per heavy atom. The highest BCUT2D eigenvalue weighted by Crippen LogP contribution is 2.21. The summed E-state index contributed by atoms with van der Waals surface area (Å²) in [4.78, 5) is 25.7. The minimum Gasteiger partial charge on any atom is -0.460 e. The van der Waals surface area contributed by atoms with Crippen molar-refractivity contribution in [3.8, 4) is 0 Å². The molecule has 0 radical (unpaired) electrons. The number of hydrogen-bond donors (Lipinski definition) is 0. The van der Waals surface area contributed by atoms with E-state index < -0.39 is 16.0 Å². The number of rotatable bonds is 6. The molecule has 1 aliphatic heterocycles. The van der Waals surface area contributed by atoms with E-state index in [0.29, 0.717) is 0 Å².